The standard InChI is InChI=1S/C21H19N9O2S/c1-33(31,32)24-11-16-6-3-7-17(25-16)12-30-13-20(28-29-30)19-9-18(26-21(23)27-19)15-5-2-4-14(8-15)10-22/h2-9,13,24H,11-12H2,1H3,(H2,23,26,27). The van der Waals surface area contributed by atoms with Crippen molar-refractivity contribution in [1.82, 2.24) is 34.7 Å². The van der Waals surface area contributed by atoms with Crippen LogP contribution in [0.2, 0.25) is 0 Å². The molecule has 0 saturated heterocycles. The topological polar surface area (TPSA) is 165 Å². The lowest BCUT2D eigenvalue weighted by molar-refractivity contribution is 0.586. The molecule has 0 amide bonds. The van der Waals surface area contributed by atoms with Gasteiger partial charge in [-0.1, -0.05) is 23.4 Å². The molecule has 0 aliphatic rings. The Balaban J connectivity index is 1.55. The van der Waals surface area contributed by atoms with E-state index in [4.69, 9.17) is 11.0 Å². The highest BCUT2D eigenvalue weighted by molar-refractivity contribution is 7.88. The quantitative estimate of drug-likeness (QED) is 0.413. The minimum Gasteiger partial charge on any atom is -0.368 e. The molecule has 0 unspecified atom stereocenters. The van der Waals surface area contributed by atoms with Gasteiger partial charge in [-0.2, -0.15) is 5.26 Å². The summed E-state index contributed by atoms with van der Waals surface area (Å²) in [5.41, 5.74) is 9.99. The average molecular weight is 462 g/mol. The third-order valence-electron chi connectivity index (χ3n) is 4.54. The molecule has 4 aromatic rings. The van der Waals surface area contributed by atoms with E-state index in [-0.39, 0.29) is 12.5 Å². The molecule has 33 heavy (non-hydrogen) atoms. The van der Waals surface area contributed by atoms with Gasteiger partial charge in [0.15, 0.2) is 0 Å². The Morgan fingerprint density at radius 3 is 2.58 bits per heavy atom. The summed E-state index contributed by atoms with van der Waals surface area (Å²) in [6.07, 6.45) is 2.81. The number of aromatic nitrogens is 6. The second kappa shape index (κ2) is 9.11. The molecule has 12 heteroatoms. The van der Waals surface area contributed by atoms with Crippen molar-refractivity contribution in [3.05, 3.63) is 71.7 Å². The maximum Gasteiger partial charge on any atom is 0.221 e. The van der Waals surface area contributed by atoms with E-state index in [9.17, 15) is 8.42 Å². The van der Waals surface area contributed by atoms with Gasteiger partial charge in [-0.3, -0.25) is 4.98 Å². The summed E-state index contributed by atoms with van der Waals surface area (Å²) in [4.78, 5) is 13.0. The summed E-state index contributed by atoms with van der Waals surface area (Å²) in [6.45, 7) is 0.433. The van der Waals surface area contributed by atoms with E-state index in [1.807, 2.05) is 12.1 Å². The Morgan fingerprint density at radius 2 is 1.79 bits per heavy atom. The van der Waals surface area contributed by atoms with Crippen molar-refractivity contribution < 1.29 is 8.42 Å². The fourth-order valence-electron chi connectivity index (χ4n) is 3.07. The van der Waals surface area contributed by atoms with E-state index in [0.717, 1.165) is 11.8 Å². The number of pyridine rings is 1. The first-order valence-corrected chi connectivity index (χ1v) is 11.6. The molecule has 3 aromatic heterocycles. The lowest BCUT2D eigenvalue weighted by Gasteiger charge is -2.05. The number of hydrogen-bond donors (Lipinski definition) is 2. The summed E-state index contributed by atoms with van der Waals surface area (Å²) in [5.74, 6) is 0.0761. The number of nitrogens with zero attached hydrogens (tertiary/aromatic N) is 7. The van der Waals surface area contributed by atoms with Crippen LogP contribution >= 0.6 is 0 Å². The van der Waals surface area contributed by atoms with E-state index in [0.29, 0.717) is 40.6 Å². The van der Waals surface area contributed by atoms with Gasteiger partial charge in [0.25, 0.3) is 0 Å². The molecule has 0 radical (unpaired) electrons. The van der Waals surface area contributed by atoms with Crippen LogP contribution in [0.4, 0.5) is 5.95 Å². The van der Waals surface area contributed by atoms with Crippen LogP contribution in [0.3, 0.4) is 0 Å². The predicted octanol–water partition coefficient (Wildman–Crippen LogP) is 1.35. The molecule has 0 spiro atoms. The second-order valence-electron chi connectivity index (χ2n) is 7.20. The van der Waals surface area contributed by atoms with Crippen LogP contribution in [0.5, 0.6) is 0 Å². The van der Waals surface area contributed by atoms with E-state index in [2.05, 4.69) is 36.1 Å². The van der Waals surface area contributed by atoms with Crippen LogP contribution in [0, 0.1) is 11.3 Å². The van der Waals surface area contributed by atoms with Crippen molar-refractivity contribution >= 4 is 16.0 Å². The number of nitrogens with two attached hydrogens (primary N) is 1. The zero-order valence-electron chi connectivity index (χ0n) is 17.5. The molecule has 0 atom stereocenters. The van der Waals surface area contributed by atoms with Gasteiger partial charge in [0.2, 0.25) is 16.0 Å². The Hall–Kier alpha value is -4.21. The maximum atomic E-state index is 11.3. The van der Waals surface area contributed by atoms with E-state index >= 15 is 0 Å². The number of nitriles is 1. The number of nitrogen functional groups attached to an aromatic ring is 1. The highest BCUT2D eigenvalue weighted by atomic mass is 32.2. The van der Waals surface area contributed by atoms with Gasteiger partial charge in [0.05, 0.1) is 60.0 Å². The van der Waals surface area contributed by atoms with Crippen LogP contribution < -0.4 is 10.5 Å². The predicted molar refractivity (Wildman–Crippen MR) is 121 cm³/mol. The number of hydrogen-bond acceptors (Lipinski definition) is 9. The number of rotatable bonds is 7. The molecule has 11 nitrogen and oxygen atoms in total. The summed E-state index contributed by atoms with van der Waals surface area (Å²) < 4.78 is 26.6. The van der Waals surface area contributed by atoms with Crippen LogP contribution in [-0.4, -0.2) is 44.6 Å². The lowest BCUT2D eigenvalue weighted by atomic mass is 10.1. The van der Waals surface area contributed by atoms with Crippen molar-refractivity contribution in [2.75, 3.05) is 12.0 Å². The van der Waals surface area contributed by atoms with Gasteiger partial charge < -0.3 is 5.73 Å². The van der Waals surface area contributed by atoms with Crippen LogP contribution in [0.1, 0.15) is 17.0 Å². The van der Waals surface area contributed by atoms with Gasteiger partial charge in [-0.05, 0) is 30.3 Å². The number of benzene rings is 1. The van der Waals surface area contributed by atoms with Crippen molar-refractivity contribution in [2.24, 2.45) is 0 Å². The molecule has 0 aliphatic heterocycles. The van der Waals surface area contributed by atoms with Crippen LogP contribution in [-0.2, 0) is 23.1 Å². The van der Waals surface area contributed by atoms with Crippen molar-refractivity contribution in [3.8, 4) is 28.7 Å². The monoisotopic (exact) mass is 461 g/mol. The molecule has 3 heterocycles. The van der Waals surface area contributed by atoms with Gasteiger partial charge in [-0.25, -0.2) is 27.8 Å². The van der Waals surface area contributed by atoms with Crippen molar-refractivity contribution in [3.63, 3.8) is 0 Å². The van der Waals surface area contributed by atoms with Crippen molar-refractivity contribution in [2.45, 2.75) is 13.1 Å². The Morgan fingerprint density at radius 1 is 1.03 bits per heavy atom. The first-order chi connectivity index (χ1) is 15.8. The molecule has 0 fully saturated rings. The first-order valence-electron chi connectivity index (χ1n) is 9.74. The fraction of sp³-hybridized carbons (Fsp3) is 0.143. The Labute approximate surface area is 190 Å². The minimum absolute atomic E-state index is 0.0761. The van der Waals surface area contributed by atoms with Gasteiger partial charge >= 0.3 is 0 Å². The number of anilines is 1. The molecule has 0 aliphatic carbocycles. The summed E-state index contributed by atoms with van der Waals surface area (Å²) in [7, 11) is -3.31. The molecule has 0 bridgehead atoms. The highest BCUT2D eigenvalue weighted by Gasteiger charge is 2.12. The third kappa shape index (κ3) is 5.73. The number of sulfonamides is 1. The zero-order chi connectivity index (χ0) is 23.4. The normalized spacial score (nSPS) is 11.3. The number of nitrogens with one attached hydrogen (secondary N) is 1. The van der Waals surface area contributed by atoms with E-state index in [1.54, 1.807) is 47.3 Å². The molecular formula is C21H19N9O2S. The van der Waals surface area contributed by atoms with E-state index in [1.165, 1.54) is 0 Å². The third-order valence-corrected chi connectivity index (χ3v) is 5.20. The molecular weight excluding hydrogens is 442 g/mol. The van der Waals surface area contributed by atoms with Gasteiger partial charge in [-0.15, -0.1) is 5.10 Å². The largest absolute Gasteiger partial charge is 0.368 e. The zero-order valence-corrected chi connectivity index (χ0v) is 18.4. The Kier molecular flexibility index (Phi) is 6.07. The fourth-order valence-corrected chi connectivity index (χ4v) is 3.48. The highest BCUT2D eigenvalue weighted by Crippen LogP contribution is 2.24. The van der Waals surface area contributed by atoms with Gasteiger partial charge in [0, 0.05) is 5.56 Å². The summed E-state index contributed by atoms with van der Waals surface area (Å²) in [6, 6.07) is 16.2. The van der Waals surface area contributed by atoms with Crippen LogP contribution in [0.15, 0.2) is 54.7 Å². The van der Waals surface area contributed by atoms with Crippen molar-refractivity contribution in [1.29, 1.82) is 5.26 Å². The molecule has 3 N–H and O–H groups in total. The van der Waals surface area contributed by atoms with Crippen LogP contribution in [0.25, 0.3) is 22.6 Å². The van der Waals surface area contributed by atoms with E-state index < -0.39 is 10.0 Å². The molecule has 1 aromatic carbocycles. The first kappa shape index (κ1) is 22.0. The molecule has 166 valence electrons. The maximum absolute atomic E-state index is 11.3. The second-order valence-corrected chi connectivity index (χ2v) is 9.04. The smallest absolute Gasteiger partial charge is 0.221 e. The average Bonchev–Trinajstić information content (AvgIpc) is 3.26. The SMILES string of the molecule is CS(=O)(=O)NCc1cccc(Cn2cc(-c3cc(-c4cccc(C#N)c4)nc(N)n3)nn2)n1. The lowest BCUT2D eigenvalue weighted by Crippen LogP contribution is -2.22. The summed E-state index contributed by atoms with van der Waals surface area (Å²) >= 11 is 0. The summed E-state index contributed by atoms with van der Waals surface area (Å²) in [5, 5.41) is 17.5. The minimum atomic E-state index is -3.31. The Bertz CT molecular complexity index is 1460. The molecule has 4 rings (SSSR count). The molecule has 0 saturated carbocycles. The van der Waals surface area contributed by atoms with Gasteiger partial charge in [0.1, 0.15) is 5.69 Å².